The summed E-state index contributed by atoms with van der Waals surface area (Å²) in [5.41, 5.74) is -2.53. The van der Waals surface area contributed by atoms with Gasteiger partial charge in [0.25, 0.3) is 0 Å². The van der Waals surface area contributed by atoms with E-state index in [1.807, 2.05) is 27.7 Å². The van der Waals surface area contributed by atoms with E-state index in [1.54, 1.807) is 0 Å². The third-order valence-electron chi connectivity index (χ3n) is 11.3. The van der Waals surface area contributed by atoms with Crippen LogP contribution in [0.2, 0.25) is 0 Å². The first-order valence-electron chi connectivity index (χ1n) is 20.3. The lowest BCUT2D eigenvalue weighted by Crippen LogP contribution is -2.41. The number of carbonyl (C=O) groups excluding carboxylic acids is 3. The molecule has 12 nitrogen and oxygen atoms in total. The van der Waals surface area contributed by atoms with Gasteiger partial charge in [0.05, 0.1) is 57.8 Å². The van der Waals surface area contributed by atoms with Gasteiger partial charge < -0.3 is 28.4 Å². The zero-order valence-corrected chi connectivity index (χ0v) is 35.3. The molecule has 0 amide bonds. The number of nitrogens with zero attached hydrogens (tertiary/aromatic N) is 3. The fourth-order valence-corrected chi connectivity index (χ4v) is 7.21. The summed E-state index contributed by atoms with van der Waals surface area (Å²) in [4.78, 5) is 44.7. The zero-order chi connectivity index (χ0) is 39.5. The summed E-state index contributed by atoms with van der Waals surface area (Å²) in [7, 11) is 0. The SMILES string of the molecule is CCC(COCCOC(=O)CCN1CC1C)(CC(C)OCCOC(C)(C)C(=O)CCN1CC1C)CC(C)(C)OCCOC(C)(C)C(=O)CCN1CC1C. The second-order valence-electron chi connectivity index (χ2n) is 17.6. The lowest BCUT2D eigenvalue weighted by Gasteiger charge is -2.41. The summed E-state index contributed by atoms with van der Waals surface area (Å²) in [5.74, 6) is 0.0164. The number of hydrogen-bond acceptors (Lipinski definition) is 12. The van der Waals surface area contributed by atoms with Crippen LogP contribution in [0.3, 0.4) is 0 Å². The molecule has 8 atom stereocenters. The summed E-state index contributed by atoms with van der Waals surface area (Å²) in [6.07, 6.45) is 3.49. The van der Waals surface area contributed by atoms with Gasteiger partial charge in [-0.15, -0.1) is 0 Å². The van der Waals surface area contributed by atoms with Crippen molar-refractivity contribution in [3.05, 3.63) is 0 Å². The first-order valence-corrected chi connectivity index (χ1v) is 20.3. The minimum Gasteiger partial charge on any atom is -0.463 e. The summed E-state index contributed by atoms with van der Waals surface area (Å²) in [6, 6.07) is 1.72. The molecule has 0 aliphatic carbocycles. The van der Waals surface area contributed by atoms with Gasteiger partial charge in [0.2, 0.25) is 0 Å². The summed E-state index contributed by atoms with van der Waals surface area (Å²) < 4.78 is 36.4. The van der Waals surface area contributed by atoms with Crippen LogP contribution < -0.4 is 0 Å². The molecule has 0 radical (unpaired) electrons. The Morgan fingerprint density at radius 2 is 1.11 bits per heavy atom. The highest BCUT2D eigenvalue weighted by atomic mass is 16.6. The third kappa shape index (κ3) is 17.0. The van der Waals surface area contributed by atoms with Crippen LogP contribution >= 0.6 is 0 Å². The van der Waals surface area contributed by atoms with Crippen molar-refractivity contribution in [3.63, 3.8) is 0 Å². The second kappa shape index (κ2) is 20.6. The van der Waals surface area contributed by atoms with E-state index in [4.69, 9.17) is 28.4 Å². The van der Waals surface area contributed by atoms with Crippen molar-refractivity contribution in [1.82, 2.24) is 14.7 Å². The summed E-state index contributed by atoms with van der Waals surface area (Å²) in [6.45, 7) is 30.0. The summed E-state index contributed by atoms with van der Waals surface area (Å²) >= 11 is 0. The molecular formula is C41H75N3O9. The topological polar surface area (TPSA) is 116 Å². The van der Waals surface area contributed by atoms with Crippen molar-refractivity contribution in [1.29, 1.82) is 0 Å². The highest BCUT2D eigenvalue weighted by Crippen LogP contribution is 2.39. The fraction of sp³-hybridized carbons (Fsp3) is 0.927. The van der Waals surface area contributed by atoms with E-state index in [-0.39, 0.29) is 35.7 Å². The van der Waals surface area contributed by atoms with Gasteiger partial charge in [-0.05, 0) is 93.9 Å². The van der Waals surface area contributed by atoms with E-state index < -0.39 is 16.8 Å². The molecule has 3 heterocycles. The standard InChI is InChI=1S/C41H75N3O9/c1-12-41(30-48-19-20-50-37(47)15-18-44-28-33(44)4,25-34(5)49-21-22-52-39(8,9)35(45)13-16-42-26-31(42)2)29-38(6,7)51-23-24-53-40(10,11)36(46)14-17-43-27-32(43)3/h31-34H,12-30H2,1-11H3. The number of hydrogen-bond donors (Lipinski definition) is 0. The average molecular weight is 754 g/mol. The minimum atomic E-state index is -0.863. The third-order valence-corrected chi connectivity index (χ3v) is 11.3. The maximum absolute atomic E-state index is 12.8. The van der Waals surface area contributed by atoms with E-state index >= 15 is 0 Å². The molecule has 53 heavy (non-hydrogen) atoms. The highest BCUT2D eigenvalue weighted by molar-refractivity contribution is 5.87. The van der Waals surface area contributed by atoms with Gasteiger partial charge in [-0.3, -0.25) is 29.1 Å². The van der Waals surface area contributed by atoms with Crippen molar-refractivity contribution in [2.24, 2.45) is 5.41 Å². The molecule has 0 aromatic heterocycles. The largest absolute Gasteiger partial charge is 0.463 e. The molecule has 0 N–H and O–H groups in total. The Kier molecular flexibility index (Phi) is 17.8. The van der Waals surface area contributed by atoms with Crippen LogP contribution in [0.15, 0.2) is 0 Å². The van der Waals surface area contributed by atoms with E-state index in [2.05, 4.69) is 63.2 Å². The molecule has 8 unspecified atom stereocenters. The van der Waals surface area contributed by atoms with Crippen LogP contribution in [-0.4, -0.2) is 159 Å². The minimum absolute atomic E-state index is 0.106. The molecule has 0 bridgehead atoms. The van der Waals surface area contributed by atoms with E-state index in [0.717, 1.165) is 45.7 Å². The lowest BCUT2D eigenvalue weighted by atomic mass is 9.73. The monoisotopic (exact) mass is 754 g/mol. The van der Waals surface area contributed by atoms with Gasteiger partial charge in [-0.25, -0.2) is 0 Å². The molecule has 0 aromatic rings. The van der Waals surface area contributed by atoms with Gasteiger partial charge in [-0.2, -0.15) is 0 Å². The predicted octanol–water partition coefficient (Wildman–Crippen LogP) is 4.93. The molecule has 308 valence electrons. The molecule has 3 rings (SSSR count). The van der Waals surface area contributed by atoms with Crippen LogP contribution in [0.4, 0.5) is 0 Å². The lowest BCUT2D eigenvalue weighted by molar-refractivity contribution is -0.148. The highest BCUT2D eigenvalue weighted by Gasteiger charge is 2.39. The number of rotatable bonds is 31. The molecule has 0 saturated carbocycles. The Bertz CT molecular complexity index is 1160. The average Bonchev–Trinajstić information content (AvgIpc) is 4.04. The second-order valence-corrected chi connectivity index (χ2v) is 17.6. The number of esters is 1. The Hall–Kier alpha value is -1.51. The predicted molar refractivity (Wildman–Crippen MR) is 206 cm³/mol. The molecule has 0 spiro atoms. The van der Waals surface area contributed by atoms with Crippen LogP contribution in [0.25, 0.3) is 0 Å². The Labute approximate surface area is 321 Å². The Balaban J connectivity index is 1.48. The Morgan fingerprint density at radius 1 is 0.660 bits per heavy atom. The number of Topliss-reactive ketones (excluding diaryl/α,β-unsaturated/α-hetero) is 2. The van der Waals surface area contributed by atoms with E-state index in [0.29, 0.717) is 89.9 Å². The van der Waals surface area contributed by atoms with Crippen molar-refractivity contribution < 1.29 is 42.8 Å². The van der Waals surface area contributed by atoms with Crippen LogP contribution in [0.1, 0.15) is 115 Å². The van der Waals surface area contributed by atoms with Crippen molar-refractivity contribution in [2.75, 3.05) is 85.5 Å². The fourth-order valence-electron chi connectivity index (χ4n) is 7.21. The molecule has 3 saturated heterocycles. The molecule has 3 aliphatic heterocycles. The molecule has 3 fully saturated rings. The van der Waals surface area contributed by atoms with Gasteiger partial charge in [-0.1, -0.05) is 6.92 Å². The van der Waals surface area contributed by atoms with Crippen molar-refractivity contribution in [3.8, 4) is 0 Å². The van der Waals surface area contributed by atoms with Crippen LogP contribution in [0, 0.1) is 5.41 Å². The van der Waals surface area contributed by atoms with Gasteiger partial charge in [0.1, 0.15) is 17.8 Å². The zero-order valence-electron chi connectivity index (χ0n) is 35.3. The number of ketones is 2. The van der Waals surface area contributed by atoms with Gasteiger partial charge >= 0.3 is 5.97 Å². The molecule has 12 heteroatoms. The maximum Gasteiger partial charge on any atom is 0.307 e. The van der Waals surface area contributed by atoms with E-state index in [1.165, 1.54) is 0 Å². The maximum atomic E-state index is 12.8. The molecule has 0 aromatic carbocycles. The first kappa shape index (κ1) is 45.9. The van der Waals surface area contributed by atoms with Gasteiger partial charge in [0.15, 0.2) is 11.6 Å². The molecular weight excluding hydrogens is 678 g/mol. The van der Waals surface area contributed by atoms with E-state index in [9.17, 15) is 14.4 Å². The van der Waals surface area contributed by atoms with Crippen molar-refractivity contribution in [2.45, 2.75) is 156 Å². The van der Waals surface area contributed by atoms with Crippen LogP contribution in [0.5, 0.6) is 0 Å². The number of carbonyl (C=O) groups is 3. The first-order chi connectivity index (χ1) is 24.8. The smallest absolute Gasteiger partial charge is 0.307 e. The van der Waals surface area contributed by atoms with Crippen LogP contribution in [-0.2, 0) is 42.8 Å². The normalized spacial score (nSPS) is 25.8. The summed E-state index contributed by atoms with van der Waals surface area (Å²) in [5, 5.41) is 0. The number of ether oxygens (including phenoxy) is 6. The molecule has 3 aliphatic rings. The quantitative estimate of drug-likeness (QED) is 0.0543. The van der Waals surface area contributed by atoms with Crippen molar-refractivity contribution >= 4 is 17.5 Å². The van der Waals surface area contributed by atoms with Gasteiger partial charge in [0, 0.05) is 70.2 Å². The Morgan fingerprint density at radius 3 is 1.58 bits per heavy atom.